The molecule has 0 fully saturated rings. The van der Waals surface area contributed by atoms with Gasteiger partial charge in [0.25, 0.3) is 5.91 Å². The fourth-order valence-corrected chi connectivity index (χ4v) is 1.37. The van der Waals surface area contributed by atoms with E-state index in [9.17, 15) is 14.0 Å². The minimum atomic E-state index is -0.643. The summed E-state index contributed by atoms with van der Waals surface area (Å²) in [5.41, 5.74) is -0.0411. The first-order valence-corrected chi connectivity index (χ1v) is 5.84. The van der Waals surface area contributed by atoms with Crippen LogP contribution in [0.25, 0.3) is 0 Å². The lowest BCUT2D eigenvalue weighted by atomic mass is 10.2. The number of nitrogens with one attached hydrogen (secondary N) is 2. The molecule has 1 aromatic heterocycles. The molecule has 1 aromatic rings. The lowest BCUT2D eigenvalue weighted by Crippen LogP contribution is -2.39. The first-order chi connectivity index (χ1) is 8.91. The zero-order chi connectivity index (χ0) is 14.4. The Kier molecular flexibility index (Phi) is 5.50. The molecule has 0 saturated heterocycles. The summed E-state index contributed by atoms with van der Waals surface area (Å²) >= 11 is 5.68. The lowest BCUT2D eigenvalue weighted by Gasteiger charge is -2.12. The van der Waals surface area contributed by atoms with Crippen molar-refractivity contribution < 1.29 is 14.0 Å². The summed E-state index contributed by atoms with van der Waals surface area (Å²) < 4.78 is 12.9. The summed E-state index contributed by atoms with van der Waals surface area (Å²) in [6.07, 6.45) is 0.927. The van der Waals surface area contributed by atoms with Crippen LogP contribution in [0.3, 0.4) is 0 Å². The topological polar surface area (TPSA) is 74.3 Å². The number of pyridine rings is 1. The number of halogens is 2. The van der Waals surface area contributed by atoms with Gasteiger partial charge in [0.1, 0.15) is 11.0 Å². The molecule has 104 valence electrons. The van der Waals surface area contributed by atoms with Gasteiger partial charge in [0.05, 0.1) is 11.8 Å². The number of carbonyl (C=O) groups excluding carboxylic acids is 2. The summed E-state index contributed by atoms with van der Waals surface area (Å²) in [4.78, 5) is 27.8. The maximum Gasteiger partial charge on any atom is 0.316 e. The van der Waals surface area contributed by atoms with Gasteiger partial charge in [0.15, 0.2) is 0 Å². The van der Waals surface area contributed by atoms with E-state index in [-0.39, 0.29) is 29.8 Å². The van der Waals surface area contributed by atoms with Crippen molar-refractivity contribution in [1.29, 1.82) is 0 Å². The third kappa shape index (κ3) is 4.70. The average Bonchev–Trinajstić information content (AvgIpc) is 2.36. The largest absolute Gasteiger partial charge is 0.350 e. The Morgan fingerprint density at radius 2 is 2.00 bits per heavy atom. The van der Waals surface area contributed by atoms with Gasteiger partial charge in [-0.15, -0.1) is 0 Å². The van der Waals surface area contributed by atoms with Crippen LogP contribution >= 0.6 is 11.6 Å². The fraction of sp³-hybridized carbons (Fsp3) is 0.364. The molecule has 0 aromatic carbocycles. The van der Waals surface area contributed by atoms with E-state index in [1.54, 1.807) is 14.1 Å². The van der Waals surface area contributed by atoms with E-state index in [1.807, 2.05) is 0 Å². The second kappa shape index (κ2) is 6.89. The van der Waals surface area contributed by atoms with Gasteiger partial charge >= 0.3 is 6.03 Å². The second-order valence-corrected chi connectivity index (χ2v) is 4.23. The van der Waals surface area contributed by atoms with Crippen molar-refractivity contribution in [2.75, 3.05) is 27.2 Å². The van der Waals surface area contributed by atoms with Crippen LogP contribution < -0.4 is 10.6 Å². The van der Waals surface area contributed by atoms with Crippen LogP contribution in [0.15, 0.2) is 12.3 Å². The van der Waals surface area contributed by atoms with E-state index in [4.69, 9.17) is 11.6 Å². The van der Waals surface area contributed by atoms with Crippen LogP contribution in [0.1, 0.15) is 10.4 Å². The standard InChI is InChI=1S/C11H14ClFN4O2/c1-17(2)11(19)15-4-3-14-10(18)8-5-7(13)6-16-9(8)12/h5-6H,3-4H2,1-2H3,(H,14,18)(H,15,19). The maximum atomic E-state index is 12.9. The molecule has 8 heteroatoms. The number of aromatic nitrogens is 1. The Balaban J connectivity index is 2.44. The second-order valence-electron chi connectivity index (χ2n) is 3.87. The predicted molar refractivity (Wildman–Crippen MR) is 68.6 cm³/mol. The highest BCUT2D eigenvalue weighted by Crippen LogP contribution is 2.13. The number of nitrogens with zero attached hydrogens (tertiary/aromatic N) is 2. The van der Waals surface area contributed by atoms with Gasteiger partial charge in [-0.1, -0.05) is 11.6 Å². The van der Waals surface area contributed by atoms with Gasteiger partial charge < -0.3 is 15.5 Å². The average molecular weight is 289 g/mol. The highest BCUT2D eigenvalue weighted by Gasteiger charge is 2.12. The zero-order valence-electron chi connectivity index (χ0n) is 10.5. The molecule has 0 aliphatic heterocycles. The number of hydrogen-bond donors (Lipinski definition) is 2. The van der Waals surface area contributed by atoms with Crippen molar-refractivity contribution in [3.05, 3.63) is 28.8 Å². The Bertz CT molecular complexity index is 482. The van der Waals surface area contributed by atoms with Gasteiger partial charge in [0.2, 0.25) is 0 Å². The summed E-state index contributed by atoms with van der Waals surface area (Å²) in [5.74, 6) is -1.19. The van der Waals surface area contributed by atoms with Crippen molar-refractivity contribution in [1.82, 2.24) is 20.5 Å². The monoisotopic (exact) mass is 288 g/mol. The Labute approximate surface area is 114 Å². The summed E-state index contributed by atoms with van der Waals surface area (Å²) in [6.45, 7) is 0.453. The number of urea groups is 1. The van der Waals surface area contributed by atoms with Crippen LogP contribution in [0.5, 0.6) is 0 Å². The summed E-state index contributed by atoms with van der Waals surface area (Å²) in [6, 6.07) is 0.739. The molecule has 6 nitrogen and oxygen atoms in total. The number of amides is 3. The molecule has 0 spiro atoms. The van der Waals surface area contributed by atoms with Crippen LogP contribution in [0.4, 0.5) is 9.18 Å². The molecule has 0 atom stereocenters. The van der Waals surface area contributed by atoms with Crippen LogP contribution in [-0.4, -0.2) is 49.0 Å². The van der Waals surface area contributed by atoms with Gasteiger partial charge in [-0.25, -0.2) is 14.2 Å². The number of carbonyl (C=O) groups is 2. The maximum absolute atomic E-state index is 12.9. The minimum Gasteiger partial charge on any atom is -0.350 e. The van der Waals surface area contributed by atoms with Crippen molar-refractivity contribution in [2.45, 2.75) is 0 Å². The van der Waals surface area contributed by atoms with Crippen molar-refractivity contribution >= 4 is 23.5 Å². The van der Waals surface area contributed by atoms with E-state index >= 15 is 0 Å². The number of rotatable bonds is 4. The van der Waals surface area contributed by atoms with E-state index in [1.165, 1.54) is 4.90 Å². The van der Waals surface area contributed by atoms with E-state index < -0.39 is 11.7 Å². The zero-order valence-corrected chi connectivity index (χ0v) is 11.3. The highest BCUT2D eigenvalue weighted by molar-refractivity contribution is 6.32. The quantitative estimate of drug-likeness (QED) is 0.638. The molecular weight excluding hydrogens is 275 g/mol. The molecule has 1 heterocycles. The van der Waals surface area contributed by atoms with Crippen LogP contribution in [0, 0.1) is 5.82 Å². The first kappa shape index (κ1) is 15.2. The molecule has 0 radical (unpaired) electrons. The molecule has 0 saturated carbocycles. The lowest BCUT2D eigenvalue weighted by molar-refractivity contribution is 0.0953. The van der Waals surface area contributed by atoms with Gasteiger partial charge in [0, 0.05) is 27.2 Å². The Morgan fingerprint density at radius 3 is 2.63 bits per heavy atom. The predicted octanol–water partition coefficient (Wildman–Crippen LogP) is 0.875. The van der Waals surface area contributed by atoms with E-state index in [0.717, 1.165) is 12.3 Å². The van der Waals surface area contributed by atoms with Crippen LogP contribution in [0.2, 0.25) is 5.15 Å². The van der Waals surface area contributed by atoms with Gasteiger partial charge in [-0.05, 0) is 6.07 Å². The molecule has 0 unspecified atom stereocenters. The van der Waals surface area contributed by atoms with E-state index in [0.29, 0.717) is 0 Å². The molecule has 19 heavy (non-hydrogen) atoms. The van der Waals surface area contributed by atoms with Gasteiger partial charge in [-0.2, -0.15) is 0 Å². The van der Waals surface area contributed by atoms with Crippen molar-refractivity contribution in [3.8, 4) is 0 Å². The molecule has 0 aliphatic rings. The van der Waals surface area contributed by atoms with E-state index in [2.05, 4.69) is 15.6 Å². The first-order valence-electron chi connectivity index (χ1n) is 5.46. The fourth-order valence-electron chi connectivity index (χ4n) is 1.18. The van der Waals surface area contributed by atoms with Crippen molar-refractivity contribution in [2.24, 2.45) is 0 Å². The Morgan fingerprint density at radius 1 is 1.37 bits per heavy atom. The van der Waals surface area contributed by atoms with Crippen molar-refractivity contribution in [3.63, 3.8) is 0 Å². The molecular formula is C11H14ClFN4O2. The minimum absolute atomic E-state index is 0.0411. The molecule has 0 aliphatic carbocycles. The summed E-state index contributed by atoms with van der Waals surface area (Å²) in [5, 5.41) is 4.99. The summed E-state index contributed by atoms with van der Waals surface area (Å²) in [7, 11) is 3.21. The SMILES string of the molecule is CN(C)C(=O)NCCNC(=O)c1cc(F)cnc1Cl. The van der Waals surface area contributed by atoms with Gasteiger partial charge in [-0.3, -0.25) is 4.79 Å². The smallest absolute Gasteiger partial charge is 0.316 e. The third-order valence-corrected chi connectivity index (χ3v) is 2.44. The molecule has 3 amide bonds. The Hall–Kier alpha value is -1.89. The number of hydrogen-bond acceptors (Lipinski definition) is 3. The highest BCUT2D eigenvalue weighted by atomic mass is 35.5. The molecule has 1 rings (SSSR count). The normalized spacial score (nSPS) is 9.89. The molecule has 2 N–H and O–H groups in total. The van der Waals surface area contributed by atoms with Crippen LogP contribution in [-0.2, 0) is 0 Å². The molecule has 0 bridgehead atoms. The third-order valence-electron chi connectivity index (χ3n) is 2.14.